The Kier molecular flexibility index (Phi) is 3.36. The first-order valence-electron chi connectivity index (χ1n) is 5.58. The Labute approximate surface area is 110 Å². The molecule has 0 saturated carbocycles. The number of nitrogens with zero attached hydrogens (tertiary/aromatic N) is 2. The average Bonchev–Trinajstić information content (AvgIpc) is 2.42. The van der Waals surface area contributed by atoms with Crippen LogP contribution in [0.15, 0.2) is 36.4 Å². The number of benzene rings is 2. The van der Waals surface area contributed by atoms with Crippen LogP contribution in [-0.4, -0.2) is 10.2 Å². The fourth-order valence-electron chi connectivity index (χ4n) is 1.77. The lowest BCUT2D eigenvalue weighted by Crippen LogP contribution is -1.91. The van der Waals surface area contributed by atoms with Crippen LogP contribution in [0.25, 0.3) is 0 Å². The summed E-state index contributed by atoms with van der Waals surface area (Å²) in [7, 11) is 0. The van der Waals surface area contributed by atoms with Gasteiger partial charge in [-0.05, 0) is 35.4 Å². The molecule has 2 aromatic carbocycles. The van der Waals surface area contributed by atoms with E-state index in [-0.39, 0.29) is 11.5 Å². The molecule has 0 spiro atoms. The average molecular weight is 250 g/mol. The molecular formula is C15H10N2O2. The van der Waals surface area contributed by atoms with Gasteiger partial charge in [0.25, 0.3) is 0 Å². The maximum atomic E-state index is 9.79. The van der Waals surface area contributed by atoms with Gasteiger partial charge in [0.05, 0.1) is 23.3 Å². The monoisotopic (exact) mass is 250 g/mol. The molecule has 0 atom stereocenters. The molecule has 2 aromatic rings. The van der Waals surface area contributed by atoms with Crippen molar-refractivity contribution in [3.8, 4) is 23.6 Å². The molecule has 4 nitrogen and oxygen atoms in total. The van der Waals surface area contributed by atoms with E-state index in [2.05, 4.69) is 0 Å². The Morgan fingerprint density at radius 2 is 1.21 bits per heavy atom. The number of hydrogen-bond acceptors (Lipinski definition) is 4. The summed E-state index contributed by atoms with van der Waals surface area (Å²) >= 11 is 0. The summed E-state index contributed by atoms with van der Waals surface area (Å²) in [5.74, 6) is 0.0330. The summed E-state index contributed by atoms with van der Waals surface area (Å²) in [6, 6.07) is 13.2. The SMILES string of the molecule is N#Cc1ccc(Cc2ccc(C#N)cc2O)c(O)c1. The van der Waals surface area contributed by atoms with Crippen LogP contribution >= 0.6 is 0 Å². The predicted molar refractivity (Wildman–Crippen MR) is 68.4 cm³/mol. The molecule has 0 aliphatic rings. The summed E-state index contributed by atoms with van der Waals surface area (Å²) in [6.45, 7) is 0. The predicted octanol–water partition coefficient (Wildman–Crippen LogP) is 2.43. The van der Waals surface area contributed by atoms with Crippen LogP contribution in [-0.2, 0) is 6.42 Å². The highest BCUT2D eigenvalue weighted by molar-refractivity contribution is 5.47. The van der Waals surface area contributed by atoms with E-state index >= 15 is 0 Å². The largest absolute Gasteiger partial charge is 0.508 e. The first kappa shape index (κ1) is 12.5. The van der Waals surface area contributed by atoms with Crippen molar-refractivity contribution in [1.29, 1.82) is 10.5 Å². The van der Waals surface area contributed by atoms with Crippen LogP contribution in [0, 0.1) is 22.7 Å². The van der Waals surface area contributed by atoms with Gasteiger partial charge in [-0.25, -0.2) is 0 Å². The third-order valence-corrected chi connectivity index (χ3v) is 2.81. The zero-order valence-electron chi connectivity index (χ0n) is 9.96. The number of nitriles is 2. The second kappa shape index (κ2) is 5.12. The number of phenols is 2. The summed E-state index contributed by atoms with van der Waals surface area (Å²) in [5.41, 5.74) is 1.98. The van der Waals surface area contributed by atoms with E-state index in [0.29, 0.717) is 28.7 Å². The Hall–Kier alpha value is -2.98. The lowest BCUT2D eigenvalue weighted by atomic mass is 10.0. The zero-order chi connectivity index (χ0) is 13.8. The summed E-state index contributed by atoms with van der Waals surface area (Å²) < 4.78 is 0. The van der Waals surface area contributed by atoms with Crippen LogP contribution in [0.3, 0.4) is 0 Å². The van der Waals surface area contributed by atoms with Gasteiger partial charge in [-0.3, -0.25) is 0 Å². The fourth-order valence-corrected chi connectivity index (χ4v) is 1.77. The third kappa shape index (κ3) is 2.65. The van der Waals surface area contributed by atoms with Crippen LogP contribution < -0.4 is 0 Å². The highest BCUT2D eigenvalue weighted by atomic mass is 16.3. The number of aromatic hydroxyl groups is 2. The highest BCUT2D eigenvalue weighted by Crippen LogP contribution is 2.26. The van der Waals surface area contributed by atoms with Crippen LogP contribution in [0.4, 0.5) is 0 Å². The van der Waals surface area contributed by atoms with Crippen molar-refractivity contribution in [1.82, 2.24) is 0 Å². The molecule has 92 valence electrons. The summed E-state index contributed by atoms with van der Waals surface area (Å²) in [6.07, 6.45) is 0.328. The molecule has 2 rings (SSSR count). The second-order valence-corrected chi connectivity index (χ2v) is 4.09. The van der Waals surface area contributed by atoms with E-state index in [9.17, 15) is 10.2 Å². The van der Waals surface area contributed by atoms with Gasteiger partial charge < -0.3 is 10.2 Å². The van der Waals surface area contributed by atoms with E-state index in [1.165, 1.54) is 12.1 Å². The Bertz CT molecular complexity index is 648. The maximum Gasteiger partial charge on any atom is 0.120 e. The molecule has 19 heavy (non-hydrogen) atoms. The molecule has 4 heteroatoms. The second-order valence-electron chi connectivity index (χ2n) is 4.09. The minimum atomic E-state index is 0.0165. The zero-order valence-corrected chi connectivity index (χ0v) is 9.96. The van der Waals surface area contributed by atoms with Crippen molar-refractivity contribution in [2.24, 2.45) is 0 Å². The van der Waals surface area contributed by atoms with E-state index < -0.39 is 0 Å². The third-order valence-electron chi connectivity index (χ3n) is 2.81. The van der Waals surface area contributed by atoms with Gasteiger partial charge in [-0.2, -0.15) is 10.5 Å². The topological polar surface area (TPSA) is 88.0 Å². The number of rotatable bonds is 2. The van der Waals surface area contributed by atoms with Gasteiger partial charge in [0.15, 0.2) is 0 Å². The number of phenolic OH excluding ortho intramolecular Hbond substituents is 2. The van der Waals surface area contributed by atoms with E-state index in [1.54, 1.807) is 24.3 Å². The van der Waals surface area contributed by atoms with Crippen LogP contribution in [0.2, 0.25) is 0 Å². The van der Waals surface area contributed by atoms with E-state index in [1.807, 2.05) is 12.1 Å². The van der Waals surface area contributed by atoms with E-state index in [0.717, 1.165) is 0 Å². The Morgan fingerprint density at radius 1 is 0.789 bits per heavy atom. The molecule has 2 N–H and O–H groups in total. The first-order valence-corrected chi connectivity index (χ1v) is 5.58. The van der Waals surface area contributed by atoms with Gasteiger partial charge >= 0.3 is 0 Å². The van der Waals surface area contributed by atoms with Crippen molar-refractivity contribution in [3.05, 3.63) is 58.7 Å². The van der Waals surface area contributed by atoms with Crippen molar-refractivity contribution >= 4 is 0 Å². The standard InChI is InChI=1S/C15H10N2O2/c16-8-10-1-3-12(14(18)5-10)7-13-4-2-11(9-17)6-15(13)19/h1-6,18-19H,7H2. The molecule has 0 unspecified atom stereocenters. The first-order chi connectivity index (χ1) is 9.13. The Morgan fingerprint density at radius 3 is 1.53 bits per heavy atom. The van der Waals surface area contributed by atoms with Gasteiger partial charge in [-0.1, -0.05) is 12.1 Å². The lowest BCUT2D eigenvalue weighted by molar-refractivity contribution is 0.463. The van der Waals surface area contributed by atoms with Crippen LogP contribution in [0.5, 0.6) is 11.5 Å². The smallest absolute Gasteiger partial charge is 0.120 e. The van der Waals surface area contributed by atoms with Gasteiger partial charge in [0.1, 0.15) is 11.5 Å². The normalized spacial score (nSPS) is 9.58. The fraction of sp³-hybridized carbons (Fsp3) is 0.0667. The van der Waals surface area contributed by atoms with Gasteiger partial charge in [0, 0.05) is 6.42 Å². The quantitative estimate of drug-likeness (QED) is 0.856. The molecule has 0 bridgehead atoms. The molecule has 0 fully saturated rings. The summed E-state index contributed by atoms with van der Waals surface area (Å²) in [5, 5.41) is 37.0. The molecule has 0 amide bonds. The van der Waals surface area contributed by atoms with Gasteiger partial charge in [0.2, 0.25) is 0 Å². The minimum absolute atomic E-state index is 0.0165. The molecule has 0 saturated heterocycles. The molecule has 0 aliphatic heterocycles. The summed E-state index contributed by atoms with van der Waals surface area (Å²) in [4.78, 5) is 0. The van der Waals surface area contributed by atoms with E-state index in [4.69, 9.17) is 10.5 Å². The Balaban J connectivity index is 2.32. The highest BCUT2D eigenvalue weighted by Gasteiger charge is 2.08. The van der Waals surface area contributed by atoms with Crippen molar-refractivity contribution in [2.45, 2.75) is 6.42 Å². The molecule has 0 aliphatic carbocycles. The van der Waals surface area contributed by atoms with Crippen molar-refractivity contribution < 1.29 is 10.2 Å². The van der Waals surface area contributed by atoms with Crippen LogP contribution in [0.1, 0.15) is 22.3 Å². The number of hydrogen-bond donors (Lipinski definition) is 2. The van der Waals surface area contributed by atoms with Crippen molar-refractivity contribution in [2.75, 3.05) is 0 Å². The van der Waals surface area contributed by atoms with Crippen molar-refractivity contribution in [3.63, 3.8) is 0 Å². The maximum absolute atomic E-state index is 9.79. The van der Waals surface area contributed by atoms with Gasteiger partial charge in [-0.15, -0.1) is 0 Å². The molecular weight excluding hydrogens is 240 g/mol. The molecule has 0 aromatic heterocycles. The molecule has 0 heterocycles. The lowest BCUT2D eigenvalue weighted by Gasteiger charge is -2.07. The molecule has 0 radical (unpaired) electrons. The minimum Gasteiger partial charge on any atom is -0.508 e.